The van der Waals surface area contributed by atoms with Crippen molar-refractivity contribution in [2.45, 2.75) is 91.8 Å². The van der Waals surface area contributed by atoms with Crippen LogP contribution in [0.25, 0.3) is 0 Å². The zero-order valence-electron chi connectivity index (χ0n) is 17.2. The summed E-state index contributed by atoms with van der Waals surface area (Å²) in [6.07, 6.45) is 11.7. The number of allylic oxidation sites excluding steroid dienone is 2. The van der Waals surface area contributed by atoms with E-state index in [-0.39, 0.29) is 10.8 Å². The number of carbonyl (C=O) groups excluding carboxylic acids is 1. The molecule has 0 heterocycles. The number of rotatable bonds is 1. The molecule has 3 atom stereocenters. The molecule has 2 fully saturated rings. The fourth-order valence-corrected chi connectivity index (χ4v) is 6.79. The Balaban J connectivity index is 1.98. The maximum absolute atomic E-state index is 12.6. The van der Waals surface area contributed by atoms with Gasteiger partial charge in [-0.3, -0.25) is 4.79 Å². The molecule has 0 aliphatic heterocycles. The van der Waals surface area contributed by atoms with Crippen molar-refractivity contribution in [2.24, 2.45) is 22.2 Å². The highest BCUT2D eigenvalue weighted by molar-refractivity contribution is 6.83. The van der Waals surface area contributed by atoms with E-state index in [9.17, 15) is 4.79 Å². The summed E-state index contributed by atoms with van der Waals surface area (Å²) >= 11 is 0. The first kappa shape index (κ1) is 19.0. The van der Waals surface area contributed by atoms with Crippen molar-refractivity contribution in [1.29, 1.82) is 0 Å². The Morgan fingerprint density at radius 2 is 1.88 bits per heavy atom. The number of ketones is 1. The number of Topliss-reactive ketones (excluding diaryl/α,β-unsaturated/α-hetero) is 1. The third kappa shape index (κ3) is 3.18. The Hall–Kier alpha value is -0.813. The second kappa shape index (κ2) is 6.12. The molecule has 0 radical (unpaired) electrons. The van der Waals surface area contributed by atoms with Crippen molar-refractivity contribution in [3.8, 4) is 11.5 Å². The molecule has 3 aliphatic rings. The van der Waals surface area contributed by atoms with Gasteiger partial charge in [-0.1, -0.05) is 52.1 Å². The molecule has 25 heavy (non-hydrogen) atoms. The molecule has 2 heteroatoms. The Labute approximate surface area is 156 Å². The van der Waals surface area contributed by atoms with E-state index in [1.165, 1.54) is 32.1 Å². The first-order valence-corrected chi connectivity index (χ1v) is 13.8. The summed E-state index contributed by atoms with van der Waals surface area (Å²) in [7, 11) is -1.31. The van der Waals surface area contributed by atoms with Crippen molar-refractivity contribution in [1.82, 2.24) is 0 Å². The third-order valence-electron chi connectivity index (χ3n) is 7.43. The van der Waals surface area contributed by atoms with Crippen molar-refractivity contribution < 1.29 is 4.79 Å². The fourth-order valence-electron chi connectivity index (χ4n) is 6.17. The predicted octanol–water partition coefficient (Wildman–Crippen LogP) is 6.16. The largest absolute Gasteiger partial charge is 0.299 e. The van der Waals surface area contributed by atoms with Gasteiger partial charge in [0.25, 0.3) is 0 Å². The molecule has 1 nitrogen and oxygen atoms in total. The van der Waals surface area contributed by atoms with E-state index in [1.807, 2.05) is 0 Å². The molecule has 0 aromatic heterocycles. The molecule has 0 bridgehead atoms. The smallest absolute Gasteiger partial charge is 0.138 e. The van der Waals surface area contributed by atoms with Gasteiger partial charge in [-0.15, -0.1) is 11.5 Å². The normalized spacial score (nSPS) is 37.3. The molecule has 3 aliphatic carbocycles. The van der Waals surface area contributed by atoms with E-state index in [1.54, 1.807) is 5.57 Å². The van der Waals surface area contributed by atoms with Gasteiger partial charge in [0.1, 0.15) is 13.9 Å². The lowest BCUT2D eigenvalue weighted by Crippen LogP contribution is -2.54. The standard InChI is InChI=1S/C23H36OSi/c1-21(2)18-11-16-23(14-9-17-25(4,5)6)13-8-7-10-19(23)22(18,3)15-12-20(21)24/h10,18H,7-8,11-16H2,1-6H3/t18-,22-,23-/m0/s1. The van der Waals surface area contributed by atoms with E-state index in [0.717, 1.165) is 19.3 Å². The van der Waals surface area contributed by atoms with Crippen molar-refractivity contribution in [2.75, 3.05) is 0 Å². The third-order valence-corrected chi connectivity index (χ3v) is 8.35. The molecular weight excluding hydrogens is 320 g/mol. The number of hydrogen-bond acceptors (Lipinski definition) is 1. The molecule has 0 amide bonds. The first-order chi connectivity index (χ1) is 11.5. The van der Waals surface area contributed by atoms with Gasteiger partial charge in [0, 0.05) is 23.7 Å². The van der Waals surface area contributed by atoms with E-state index >= 15 is 0 Å². The van der Waals surface area contributed by atoms with Gasteiger partial charge in [-0.05, 0) is 49.9 Å². The summed E-state index contributed by atoms with van der Waals surface area (Å²) in [5, 5.41) is 0. The lowest BCUT2D eigenvalue weighted by Gasteiger charge is -2.60. The highest BCUT2D eigenvalue weighted by Crippen LogP contribution is 2.66. The SMILES string of the molecule is CC1(C)C(=O)CC[C@]2(C)C3=CCCC[C@]3(CC#C[Si](C)(C)C)CC[C@@H]12. The lowest BCUT2D eigenvalue weighted by atomic mass is 9.43. The van der Waals surface area contributed by atoms with Crippen LogP contribution in [0.3, 0.4) is 0 Å². The lowest BCUT2D eigenvalue weighted by molar-refractivity contribution is -0.141. The topological polar surface area (TPSA) is 17.1 Å². The average Bonchev–Trinajstić information content (AvgIpc) is 2.50. The van der Waals surface area contributed by atoms with Gasteiger partial charge >= 0.3 is 0 Å². The first-order valence-electron chi connectivity index (χ1n) is 10.3. The van der Waals surface area contributed by atoms with Crippen LogP contribution in [0, 0.1) is 33.6 Å². The van der Waals surface area contributed by atoms with Crippen LogP contribution in [0.2, 0.25) is 19.6 Å². The summed E-state index contributed by atoms with van der Waals surface area (Å²) < 4.78 is 0. The highest BCUT2D eigenvalue weighted by Gasteiger charge is 2.59. The molecular formula is C23H36OSi. The van der Waals surface area contributed by atoms with Gasteiger partial charge in [0.15, 0.2) is 0 Å². The number of hydrogen-bond donors (Lipinski definition) is 0. The van der Waals surface area contributed by atoms with E-state index in [2.05, 4.69) is 58.0 Å². The molecule has 138 valence electrons. The molecule has 0 spiro atoms. The molecule has 0 aromatic rings. The zero-order valence-corrected chi connectivity index (χ0v) is 18.2. The van der Waals surface area contributed by atoms with Crippen LogP contribution in [0.4, 0.5) is 0 Å². The molecule has 3 rings (SSSR count). The van der Waals surface area contributed by atoms with E-state index < -0.39 is 8.07 Å². The molecule has 0 unspecified atom stereocenters. The van der Waals surface area contributed by atoms with Crippen LogP contribution in [-0.2, 0) is 4.79 Å². The summed E-state index contributed by atoms with van der Waals surface area (Å²) in [6, 6.07) is 0. The second-order valence-electron chi connectivity index (χ2n) is 10.7. The number of fused-ring (bicyclic) bond motifs is 3. The second-order valence-corrected chi connectivity index (χ2v) is 15.4. The van der Waals surface area contributed by atoms with Crippen LogP contribution >= 0.6 is 0 Å². The van der Waals surface area contributed by atoms with Crippen LogP contribution < -0.4 is 0 Å². The van der Waals surface area contributed by atoms with Gasteiger partial charge in [-0.2, -0.15) is 0 Å². The Morgan fingerprint density at radius 3 is 2.56 bits per heavy atom. The van der Waals surface area contributed by atoms with Crippen LogP contribution in [0.15, 0.2) is 11.6 Å². The van der Waals surface area contributed by atoms with E-state index in [4.69, 9.17) is 0 Å². The minimum atomic E-state index is -1.31. The minimum Gasteiger partial charge on any atom is -0.299 e. The minimum absolute atomic E-state index is 0.165. The Bertz CT molecular complexity index is 654. The molecule has 0 aromatic carbocycles. The summed E-state index contributed by atoms with van der Waals surface area (Å²) in [5.41, 5.74) is 5.64. The molecule has 0 N–H and O–H groups in total. The predicted molar refractivity (Wildman–Crippen MR) is 109 cm³/mol. The van der Waals surface area contributed by atoms with Gasteiger partial charge in [0.2, 0.25) is 0 Å². The van der Waals surface area contributed by atoms with Crippen molar-refractivity contribution in [3.05, 3.63) is 11.6 Å². The van der Waals surface area contributed by atoms with Crippen molar-refractivity contribution in [3.63, 3.8) is 0 Å². The summed E-state index contributed by atoms with van der Waals surface area (Å²) in [6.45, 7) is 13.9. The highest BCUT2D eigenvalue weighted by atomic mass is 28.3. The molecule has 0 saturated heterocycles. The van der Waals surface area contributed by atoms with Crippen LogP contribution in [0.5, 0.6) is 0 Å². The summed E-state index contributed by atoms with van der Waals surface area (Å²) in [5.74, 6) is 4.62. The Morgan fingerprint density at radius 1 is 1.16 bits per heavy atom. The quantitative estimate of drug-likeness (QED) is 0.312. The molecule has 2 saturated carbocycles. The van der Waals surface area contributed by atoms with Gasteiger partial charge in [-0.25, -0.2) is 0 Å². The fraction of sp³-hybridized carbons (Fsp3) is 0.783. The van der Waals surface area contributed by atoms with Gasteiger partial charge < -0.3 is 0 Å². The maximum atomic E-state index is 12.6. The zero-order chi connectivity index (χ0) is 18.5. The Kier molecular flexibility index (Phi) is 4.64. The monoisotopic (exact) mass is 356 g/mol. The average molecular weight is 357 g/mol. The van der Waals surface area contributed by atoms with Crippen molar-refractivity contribution >= 4 is 13.9 Å². The summed E-state index contributed by atoms with van der Waals surface area (Å²) in [4.78, 5) is 12.6. The van der Waals surface area contributed by atoms with Crippen LogP contribution in [-0.4, -0.2) is 13.9 Å². The van der Waals surface area contributed by atoms with Gasteiger partial charge in [0.05, 0.1) is 0 Å². The van der Waals surface area contributed by atoms with Crippen LogP contribution in [0.1, 0.15) is 72.1 Å². The number of carbonyl (C=O) groups is 1. The maximum Gasteiger partial charge on any atom is 0.138 e. The van der Waals surface area contributed by atoms with E-state index in [0.29, 0.717) is 17.1 Å².